The Bertz CT molecular complexity index is 331. The number of rotatable bonds is 1. The van der Waals surface area contributed by atoms with Crippen molar-refractivity contribution in [3.05, 3.63) is 24.0 Å². The monoisotopic (exact) mass is 187 g/mol. The van der Waals surface area contributed by atoms with Crippen molar-refractivity contribution in [2.45, 2.75) is 19.3 Å². The highest BCUT2D eigenvalue weighted by Crippen LogP contribution is 2.18. The number of piperidine rings is 1. The third-order valence-corrected chi connectivity index (χ3v) is 2.58. The molecule has 1 aliphatic rings. The van der Waals surface area contributed by atoms with Gasteiger partial charge in [-0.15, -0.1) is 0 Å². The summed E-state index contributed by atoms with van der Waals surface area (Å²) in [6.45, 7) is 2.24. The van der Waals surface area contributed by atoms with Gasteiger partial charge in [0.1, 0.15) is 11.8 Å². The zero-order valence-corrected chi connectivity index (χ0v) is 8.11. The lowest BCUT2D eigenvalue weighted by Crippen LogP contribution is -2.29. The number of hydrogen-bond donors (Lipinski definition) is 0. The van der Waals surface area contributed by atoms with Crippen LogP contribution in [-0.4, -0.2) is 18.1 Å². The van der Waals surface area contributed by atoms with Crippen molar-refractivity contribution in [2.24, 2.45) is 0 Å². The van der Waals surface area contributed by atoms with Gasteiger partial charge >= 0.3 is 0 Å². The number of nitrogens with zero attached hydrogens (tertiary/aromatic N) is 3. The van der Waals surface area contributed by atoms with E-state index in [9.17, 15) is 0 Å². The van der Waals surface area contributed by atoms with E-state index in [2.05, 4.69) is 9.88 Å². The molecule has 72 valence electrons. The molecule has 0 N–H and O–H groups in total. The van der Waals surface area contributed by atoms with Crippen LogP contribution < -0.4 is 4.90 Å². The van der Waals surface area contributed by atoms with Gasteiger partial charge in [0.2, 0.25) is 0 Å². The van der Waals surface area contributed by atoms with E-state index in [0.717, 1.165) is 18.8 Å². The van der Waals surface area contributed by atoms with Gasteiger partial charge in [0, 0.05) is 13.1 Å². The van der Waals surface area contributed by atoms with E-state index in [1.165, 1.54) is 19.3 Å². The molecule has 1 aromatic rings. The van der Waals surface area contributed by atoms with E-state index in [0.29, 0.717) is 5.69 Å². The summed E-state index contributed by atoms with van der Waals surface area (Å²) in [5.41, 5.74) is 1.63. The van der Waals surface area contributed by atoms with Crippen LogP contribution in [0.2, 0.25) is 0 Å². The molecule has 1 aromatic heterocycles. The maximum Gasteiger partial charge on any atom is 0.140 e. The van der Waals surface area contributed by atoms with Crippen LogP contribution in [0.5, 0.6) is 0 Å². The van der Waals surface area contributed by atoms with Crippen molar-refractivity contribution in [1.29, 1.82) is 5.26 Å². The lowest BCUT2D eigenvalue weighted by atomic mass is 10.1. The van der Waals surface area contributed by atoms with Crippen LogP contribution in [0.15, 0.2) is 18.3 Å². The fourth-order valence-electron chi connectivity index (χ4n) is 1.79. The Morgan fingerprint density at radius 2 is 2.00 bits per heavy atom. The average molecular weight is 187 g/mol. The van der Waals surface area contributed by atoms with Crippen molar-refractivity contribution < 1.29 is 0 Å². The number of pyridine rings is 1. The first-order valence-electron chi connectivity index (χ1n) is 5.01. The van der Waals surface area contributed by atoms with Gasteiger partial charge in [-0.2, -0.15) is 5.26 Å². The molecule has 3 nitrogen and oxygen atoms in total. The largest absolute Gasteiger partial charge is 0.370 e. The molecular weight excluding hydrogens is 174 g/mol. The smallest absolute Gasteiger partial charge is 0.140 e. The van der Waals surface area contributed by atoms with Crippen molar-refractivity contribution in [1.82, 2.24) is 4.98 Å². The van der Waals surface area contributed by atoms with Gasteiger partial charge in [-0.1, -0.05) is 0 Å². The maximum atomic E-state index is 8.61. The molecule has 0 unspecified atom stereocenters. The summed E-state index contributed by atoms with van der Waals surface area (Å²) < 4.78 is 0. The number of anilines is 1. The zero-order valence-electron chi connectivity index (χ0n) is 8.11. The van der Waals surface area contributed by atoms with E-state index in [1.54, 1.807) is 12.3 Å². The van der Waals surface area contributed by atoms with Crippen LogP contribution in [-0.2, 0) is 0 Å². The fourth-order valence-corrected chi connectivity index (χ4v) is 1.79. The van der Waals surface area contributed by atoms with E-state index in [4.69, 9.17) is 5.26 Å². The molecule has 3 heteroatoms. The van der Waals surface area contributed by atoms with Crippen LogP contribution >= 0.6 is 0 Å². The van der Waals surface area contributed by atoms with Crippen LogP contribution in [0.25, 0.3) is 0 Å². The Morgan fingerprint density at radius 3 is 2.57 bits per heavy atom. The molecule has 1 aliphatic heterocycles. The summed E-state index contributed by atoms with van der Waals surface area (Å²) in [4.78, 5) is 6.40. The summed E-state index contributed by atoms with van der Waals surface area (Å²) in [6.07, 6.45) is 5.66. The SMILES string of the molecule is N#Cc1ccc(N2CCCCC2)cn1. The molecule has 1 fully saturated rings. The van der Waals surface area contributed by atoms with Crippen LogP contribution in [0.3, 0.4) is 0 Å². The Kier molecular flexibility index (Phi) is 2.64. The van der Waals surface area contributed by atoms with Gasteiger partial charge in [-0.25, -0.2) is 4.98 Å². The molecule has 2 rings (SSSR count). The van der Waals surface area contributed by atoms with Crippen molar-refractivity contribution in [3.8, 4) is 6.07 Å². The summed E-state index contributed by atoms with van der Waals surface area (Å²) in [5.74, 6) is 0. The standard InChI is InChI=1S/C11H13N3/c12-8-10-4-5-11(9-13-10)14-6-2-1-3-7-14/h4-5,9H,1-3,6-7H2. The normalized spacial score (nSPS) is 16.4. The van der Waals surface area contributed by atoms with Gasteiger partial charge in [-0.05, 0) is 31.4 Å². The minimum Gasteiger partial charge on any atom is -0.370 e. The Morgan fingerprint density at radius 1 is 1.21 bits per heavy atom. The predicted octanol–water partition coefficient (Wildman–Crippen LogP) is 1.94. The van der Waals surface area contributed by atoms with Gasteiger partial charge in [0.05, 0.1) is 11.9 Å². The molecule has 0 radical (unpaired) electrons. The molecule has 0 atom stereocenters. The first-order chi connectivity index (χ1) is 6.90. The molecular formula is C11H13N3. The summed E-state index contributed by atoms with van der Waals surface area (Å²) in [7, 11) is 0. The number of hydrogen-bond acceptors (Lipinski definition) is 3. The molecule has 0 aromatic carbocycles. The topological polar surface area (TPSA) is 39.9 Å². The third-order valence-electron chi connectivity index (χ3n) is 2.58. The van der Waals surface area contributed by atoms with Crippen LogP contribution in [0.1, 0.15) is 25.0 Å². The number of nitriles is 1. The van der Waals surface area contributed by atoms with Gasteiger partial charge in [0.15, 0.2) is 0 Å². The molecule has 0 spiro atoms. The quantitative estimate of drug-likeness (QED) is 0.674. The van der Waals surface area contributed by atoms with E-state index in [1.807, 2.05) is 12.1 Å². The second-order valence-electron chi connectivity index (χ2n) is 3.56. The second-order valence-corrected chi connectivity index (χ2v) is 3.56. The van der Waals surface area contributed by atoms with Gasteiger partial charge in [0.25, 0.3) is 0 Å². The average Bonchev–Trinajstić information content (AvgIpc) is 2.30. The Balaban J connectivity index is 2.12. The summed E-state index contributed by atoms with van der Waals surface area (Å²) >= 11 is 0. The highest BCUT2D eigenvalue weighted by molar-refractivity contribution is 5.46. The Labute approximate surface area is 84.0 Å². The molecule has 0 saturated carbocycles. The second kappa shape index (κ2) is 4.10. The molecule has 2 heterocycles. The summed E-state index contributed by atoms with van der Waals surface area (Å²) in [6, 6.07) is 5.79. The maximum absolute atomic E-state index is 8.61. The van der Waals surface area contributed by atoms with E-state index in [-0.39, 0.29) is 0 Å². The van der Waals surface area contributed by atoms with Gasteiger partial charge < -0.3 is 4.90 Å². The molecule has 0 bridgehead atoms. The van der Waals surface area contributed by atoms with E-state index >= 15 is 0 Å². The van der Waals surface area contributed by atoms with Crippen LogP contribution in [0, 0.1) is 11.3 Å². The lowest BCUT2D eigenvalue weighted by Gasteiger charge is -2.28. The first kappa shape index (κ1) is 9.01. The third kappa shape index (κ3) is 1.85. The molecule has 1 saturated heterocycles. The molecule has 14 heavy (non-hydrogen) atoms. The molecule has 0 aliphatic carbocycles. The minimum absolute atomic E-state index is 0.491. The zero-order chi connectivity index (χ0) is 9.80. The van der Waals surface area contributed by atoms with Crippen molar-refractivity contribution in [2.75, 3.05) is 18.0 Å². The summed E-state index contributed by atoms with van der Waals surface area (Å²) in [5, 5.41) is 8.61. The lowest BCUT2D eigenvalue weighted by molar-refractivity contribution is 0.577. The van der Waals surface area contributed by atoms with Crippen molar-refractivity contribution >= 4 is 5.69 Å². The fraction of sp³-hybridized carbons (Fsp3) is 0.455. The number of aromatic nitrogens is 1. The molecule has 0 amide bonds. The first-order valence-corrected chi connectivity index (χ1v) is 5.01. The van der Waals surface area contributed by atoms with Crippen molar-refractivity contribution in [3.63, 3.8) is 0 Å². The van der Waals surface area contributed by atoms with Crippen LogP contribution in [0.4, 0.5) is 5.69 Å². The van der Waals surface area contributed by atoms with Gasteiger partial charge in [-0.3, -0.25) is 0 Å². The highest BCUT2D eigenvalue weighted by Gasteiger charge is 2.10. The minimum atomic E-state index is 0.491. The predicted molar refractivity (Wildman–Crippen MR) is 55.0 cm³/mol. The van der Waals surface area contributed by atoms with E-state index < -0.39 is 0 Å². The Hall–Kier alpha value is -1.56. The highest BCUT2D eigenvalue weighted by atomic mass is 15.1.